The molecule has 168 valence electrons. The zero-order valence-corrected chi connectivity index (χ0v) is 20.2. The van der Waals surface area contributed by atoms with Crippen LogP contribution in [0.25, 0.3) is 0 Å². The number of benzene rings is 2. The third kappa shape index (κ3) is 5.56. The first-order valence-electron chi connectivity index (χ1n) is 9.00. The van der Waals surface area contributed by atoms with Crippen LogP contribution in [-0.4, -0.2) is 45.6 Å². The zero-order chi connectivity index (χ0) is 23.3. The van der Waals surface area contributed by atoms with E-state index in [0.717, 1.165) is 3.57 Å². The molecule has 0 fully saturated rings. The monoisotopic (exact) mass is 570 g/mol. The number of nitrogens with one attached hydrogen (secondary N) is 2. The third-order valence-electron chi connectivity index (χ3n) is 4.15. The van der Waals surface area contributed by atoms with Gasteiger partial charge in [0.05, 0.1) is 29.8 Å². The summed E-state index contributed by atoms with van der Waals surface area (Å²) in [4.78, 5) is 20.3. The van der Waals surface area contributed by atoms with Crippen molar-refractivity contribution in [3.63, 3.8) is 0 Å². The molecule has 0 aliphatic rings. The third-order valence-corrected chi connectivity index (χ3v) is 6.36. The maximum absolute atomic E-state index is 12.7. The van der Waals surface area contributed by atoms with Gasteiger partial charge in [0.2, 0.25) is 5.88 Å². The lowest BCUT2D eigenvalue weighted by atomic mass is 10.2. The molecule has 0 aliphatic heterocycles. The van der Waals surface area contributed by atoms with Crippen molar-refractivity contribution >= 4 is 50.0 Å². The molecule has 2 N–H and O–H groups in total. The van der Waals surface area contributed by atoms with Gasteiger partial charge in [-0.15, -0.1) is 0 Å². The quantitative estimate of drug-likeness (QED) is 0.396. The molecular formula is C20H19IN4O6S. The van der Waals surface area contributed by atoms with Gasteiger partial charge in [0.25, 0.3) is 15.9 Å². The number of rotatable bonds is 8. The average molecular weight is 570 g/mol. The van der Waals surface area contributed by atoms with E-state index in [1.165, 1.54) is 44.6 Å². The van der Waals surface area contributed by atoms with Crippen LogP contribution in [0.15, 0.2) is 53.4 Å². The highest BCUT2D eigenvalue weighted by Crippen LogP contribution is 2.24. The summed E-state index contributed by atoms with van der Waals surface area (Å²) in [6.07, 6.45) is 0. The fourth-order valence-corrected chi connectivity index (χ4v) is 4.30. The number of hydrogen-bond donors (Lipinski definition) is 2. The summed E-state index contributed by atoms with van der Waals surface area (Å²) in [5, 5.41) is 2.73. The number of anilines is 2. The van der Waals surface area contributed by atoms with Gasteiger partial charge in [0.15, 0.2) is 5.82 Å². The maximum Gasteiger partial charge on any atom is 0.321 e. The second-order valence-electron chi connectivity index (χ2n) is 6.22. The van der Waals surface area contributed by atoms with Crippen molar-refractivity contribution in [2.24, 2.45) is 0 Å². The van der Waals surface area contributed by atoms with Gasteiger partial charge in [0.1, 0.15) is 5.75 Å². The molecule has 0 aliphatic carbocycles. The summed E-state index contributed by atoms with van der Waals surface area (Å²) in [6.45, 7) is 0. The number of amides is 1. The Morgan fingerprint density at radius 1 is 0.938 bits per heavy atom. The Kier molecular flexibility index (Phi) is 7.35. The standard InChI is InChI=1S/C20H19IN4O6S/c1-29-16-9-4-12(10-15(16)21)19(26)22-13-5-7-14(8-6-13)32(27,28)25-17-11-18(30-2)24-20(23-17)31-3/h4-11H,1-3H3,(H,22,26)(H,23,24,25). The van der Waals surface area contributed by atoms with Crippen LogP contribution in [0.3, 0.4) is 0 Å². The van der Waals surface area contributed by atoms with E-state index in [9.17, 15) is 13.2 Å². The normalized spacial score (nSPS) is 10.9. The SMILES string of the molecule is COc1cc(NS(=O)(=O)c2ccc(NC(=O)c3ccc(OC)c(I)c3)cc2)nc(OC)n1. The van der Waals surface area contributed by atoms with Crippen molar-refractivity contribution < 1.29 is 27.4 Å². The molecule has 3 aromatic rings. The van der Waals surface area contributed by atoms with Crippen LogP contribution in [0.1, 0.15) is 10.4 Å². The fraction of sp³-hybridized carbons (Fsp3) is 0.150. The first-order chi connectivity index (χ1) is 15.2. The zero-order valence-electron chi connectivity index (χ0n) is 17.2. The van der Waals surface area contributed by atoms with E-state index in [4.69, 9.17) is 14.2 Å². The van der Waals surface area contributed by atoms with Crippen LogP contribution < -0.4 is 24.2 Å². The minimum atomic E-state index is -3.95. The van der Waals surface area contributed by atoms with Crippen LogP contribution in [0.2, 0.25) is 0 Å². The summed E-state index contributed by atoms with van der Waals surface area (Å²) in [7, 11) is 0.345. The molecule has 3 rings (SSSR count). The number of carbonyl (C=O) groups excluding carboxylic acids is 1. The molecular weight excluding hydrogens is 551 g/mol. The molecule has 0 atom stereocenters. The lowest BCUT2D eigenvalue weighted by Crippen LogP contribution is -2.15. The highest BCUT2D eigenvalue weighted by molar-refractivity contribution is 14.1. The Hall–Kier alpha value is -3.13. The summed E-state index contributed by atoms with van der Waals surface area (Å²) in [6, 6.07) is 12.0. The Labute approximate surface area is 198 Å². The molecule has 1 aromatic heterocycles. The smallest absolute Gasteiger partial charge is 0.321 e. The Bertz CT molecular complexity index is 1210. The van der Waals surface area contributed by atoms with Crippen molar-refractivity contribution in [1.29, 1.82) is 0 Å². The number of hydrogen-bond acceptors (Lipinski definition) is 8. The van der Waals surface area contributed by atoms with Gasteiger partial charge in [-0.1, -0.05) is 0 Å². The Morgan fingerprint density at radius 3 is 2.25 bits per heavy atom. The molecule has 2 aromatic carbocycles. The van der Waals surface area contributed by atoms with Crippen molar-refractivity contribution in [1.82, 2.24) is 9.97 Å². The topological polar surface area (TPSA) is 129 Å². The number of aromatic nitrogens is 2. The van der Waals surface area contributed by atoms with Crippen molar-refractivity contribution in [3.8, 4) is 17.6 Å². The molecule has 0 saturated heterocycles. The number of halogens is 1. The fourth-order valence-electron chi connectivity index (χ4n) is 2.58. The van der Waals surface area contributed by atoms with Crippen molar-refractivity contribution in [2.45, 2.75) is 4.90 Å². The molecule has 0 saturated carbocycles. The Balaban J connectivity index is 1.74. The molecule has 1 amide bonds. The van der Waals surface area contributed by atoms with Crippen LogP contribution in [0, 0.1) is 3.57 Å². The van der Waals surface area contributed by atoms with E-state index >= 15 is 0 Å². The molecule has 10 nitrogen and oxygen atoms in total. The second kappa shape index (κ2) is 9.99. The van der Waals surface area contributed by atoms with Gasteiger partial charge in [-0.3, -0.25) is 9.52 Å². The van der Waals surface area contributed by atoms with Gasteiger partial charge in [-0.05, 0) is 65.1 Å². The first-order valence-corrected chi connectivity index (χ1v) is 11.6. The molecule has 0 spiro atoms. The highest BCUT2D eigenvalue weighted by atomic mass is 127. The maximum atomic E-state index is 12.7. The van der Waals surface area contributed by atoms with E-state index in [1.54, 1.807) is 25.3 Å². The summed E-state index contributed by atoms with van der Waals surface area (Å²) in [5.74, 6) is 0.462. The summed E-state index contributed by atoms with van der Waals surface area (Å²) in [5.41, 5.74) is 0.880. The van der Waals surface area contributed by atoms with Crippen LogP contribution >= 0.6 is 22.6 Å². The molecule has 0 unspecified atom stereocenters. The summed E-state index contributed by atoms with van der Waals surface area (Å²) < 4.78 is 43.7. The predicted molar refractivity (Wildman–Crippen MR) is 126 cm³/mol. The Morgan fingerprint density at radius 2 is 1.66 bits per heavy atom. The van der Waals surface area contributed by atoms with Crippen molar-refractivity contribution in [3.05, 3.63) is 57.7 Å². The predicted octanol–water partition coefficient (Wildman–Crippen LogP) is 3.16. The van der Waals surface area contributed by atoms with Crippen LogP contribution in [0.4, 0.5) is 11.5 Å². The van der Waals surface area contributed by atoms with Gasteiger partial charge in [-0.25, -0.2) is 8.42 Å². The molecule has 0 bridgehead atoms. The number of carbonyl (C=O) groups is 1. The molecule has 12 heteroatoms. The minimum absolute atomic E-state index is 0.0137. The number of sulfonamides is 1. The van der Waals surface area contributed by atoms with Gasteiger partial charge in [0, 0.05) is 17.3 Å². The molecule has 32 heavy (non-hydrogen) atoms. The highest BCUT2D eigenvalue weighted by Gasteiger charge is 2.17. The lowest BCUT2D eigenvalue weighted by molar-refractivity contribution is 0.102. The number of methoxy groups -OCH3 is 3. The second-order valence-corrected chi connectivity index (χ2v) is 9.06. The van der Waals surface area contributed by atoms with E-state index in [0.29, 0.717) is 17.0 Å². The van der Waals surface area contributed by atoms with Gasteiger partial charge in [-0.2, -0.15) is 9.97 Å². The van der Waals surface area contributed by atoms with E-state index in [-0.39, 0.29) is 28.5 Å². The average Bonchev–Trinajstić information content (AvgIpc) is 2.78. The lowest BCUT2D eigenvalue weighted by Gasteiger charge is -2.11. The number of ether oxygens (including phenoxy) is 3. The van der Waals surface area contributed by atoms with E-state index in [2.05, 4.69) is 42.6 Å². The van der Waals surface area contributed by atoms with E-state index < -0.39 is 10.0 Å². The largest absolute Gasteiger partial charge is 0.496 e. The number of nitrogens with zero attached hydrogens (tertiary/aromatic N) is 2. The van der Waals surface area contributed by atoms with Crippen molar-refractivity contribution in [2.75, 3.05) is 31.4 Å². The minimum Gasteiger partial charge on any atom is -0.496 e. The van der Waals surface area contributed by atoms with Gasteiger partial charge >= 0.3 is 6.01 Å². The van der Waals surface area contributed by atoms with Crippen LogP contribution in [0.5, 0.6) is 17.6 Å². The molecule has 0 radical (unpaired) electrons. The molecule has 1 heterocycles. The summed E-state index contributed by atoms with van der Waals surface area (Å²) >= 11 is 2.08. The van der Waals surface area contributed by atoms with Gasteiger partial charge < -0.3 is 19.5 Å². The van der Waals surface area contributed by atoms with Crippen LogP contribution in [-0.2, 0) is 10.0 Å². The first kappa shape index (κ1) is 23.5. The van der Waals surface area contributed by atoms with E-state index in [1.807, 2.05) is 0 Å².